The van der Waals surface area contributed by atoms with E-state index in [1.165, 1.54) is 0 Å². The van der Waals surface area contributed by atoms with Crippen molar-refractivity contribution in [1.82, 2.24) is 9.80 Å². The van der Waals surface area contributed by atoms with Crippen LogP contribution < -0.4 is 5.32 Å². The monoisotopic (exact) mass is 276 g/mol. The van der Waals surface area contributed by atoms with Crippen molar-refractivity contribution in [3.63, 3.8) is 0 Å². The molecule has 3 aliphatic heterocycles. The highest BCUT2D eigenvalue weighted by atomic mass is 16.6. The Balaban J connectivity index is 1.68. The maximum Gasteiger partial charge on any atom is 0.292 e. The number of nitro benzene ring substituents is 1. The lowest BCUT2D eigenvalue weighted by molar-refractivity contribution is -0.384. The van der Waals surface area contributed by atoms with Gasteiger partial charge >= 0.3 is 0 Å². The van der Waals surface area contributed by atoms with Gasteiger partial charge in [-0.2, -0.15) is 0 Å². The van der Waals surface area contributed by atoms with Crippen LogP contribution in [-0.2, 0) is 0 Å². The average molecular weight is 276 g/mol. The molecule has 6 nitrogen and oxygen atoms in total. The highest BCUT2D eigenvalue weighted by Crippen LogP contribution is 2.26. The molecule has 0 amide bonds. The second-order valence-electron chi connectivity index (χ2n) is 5.65. The molecule has 3 heterocycles. The van der Waals surface area contributed by atoms with E-state index in [4.69, 9.17) is 0 Å². The van der Waals surface area contributed by atoms with E-state index in [2.05, 4.69) is 15.1 Å². The molecular formula is C14H20N4O2. The minimum absolute atomic E-state index is 0.168. The lowest BCUT2D eigenvalue weighted by atomic mass is 10.1. The first-order valence-corrected chi connectivity index (χ1v) is 7.09. The summed E-state index contributed by atoms with van der Waals surface area (Å²) in [5.41, 5.74) is 1.70. The van der Waals surface area contributed by atoms with E-state index in [1.807, 2.05) is 19.1 Å². The lowest BCUT2D eigenvalue weighted by Crippen LogP contribution is -2.62. The van der Waals surface area contributed by atoms with Gasteiger partial charge in [0.2, 0.25) is 0 Å². The molecule has 1 aromatic carbocycles. The number of rotatable bonds is 4. The van der Waals surface area contributed by atoms with Crippen molar-refractivity contribution >= 4 is 11.4 Å². The van der Waals surface area contributed by atoms with Gasteiger partial charge in [0.05, 0.1) is 4.92 Å². The summed E-state index contributed by atoms with van der Waals surface area (Å²) in [5.74, 6) is 0. The smallest absolute Gasteiger partial charge is 0.292 e. The van der Waals surface area contributed by atoms with Gasteiger partial charge in [-0.3, -0.25) is 19.9 Å². The highest BCUT2D eigenvalue weighted by Gasteiger charge is 2.31. The number of nitrogens with one attached hydrogen (secondary N) is 1. The first-order valence-electron chi connectivity index (χ1n) is 7.09. The van der Waals surface area contributed by atoms with Crippen molar-refractivity contribution in [2.45, 2.75) is 13.0 Å². The summed E-state index contributed by atoms with van der Waals surface area (Å²) in [4.78, 5) is 15.7. The van der Waals surface area contributed by atoms with Crippen LogP contribution in [0.25, 0.3) is 0 Å². The standard InChI is InChI=1S/C14H20N4O2/c1-11-2-3-13(14(8-11)18(19)20)15-9-12-10-16-4-6-17(12)7-5-16/h2-3,8,12,15H,4-7,9-10H2,1H3. The normalized spacial score (nSPS) is 28.4. The number of hydrogen-bond donors (Lipinski definition) is 1. The minimum atomic E-state index is -0.313. The Morgan fingerprint density at radius 1 is 1.35 bits per heavy atom. The van der Waals surface area contributed by atoms with Crippen molar-refractivity contribution in [3.05, 3.63) is 33.9 Å². The van der Waals surface area contributed by atoms with Gasteiger partial charge in [0, 0.05) is 51.4 Å². The van der Waals surface area contributed by atoms with Gasteiger partial charge in [0.1, 0.15) is 5.69 Å². The van der Waals surface area contributed by atoms with E-state index in [1.54, 1.807) is 6.07 Å². The Morgan fingerprint density at radius 2 is 2.10 bits per heavy atom. The molecule has 1 aromatic rings. The summed E-state index contributed by atoms with van der Waals surface area (Å²) in [5, 5.41) is 14.4. The Morgan fingerprint density at radius 3 is 2.70 bits per heavy atom. The molecule has 1 atom stereocenters. The molecule has 0 radical (unpaired) electrons. The van der Waals surface area contributed by atoms with Gasteiger partial charge < -0.3 is 5.32 Å². The molecule has 4 rings (SSSR count). The molecule has 3 aliphatic rings. The lowest BCUT2D eigenvalue weighted by Gasteiger charge is -2.47. The van der Waals surface area contributed by atoms with Crippen molar-refractivity contribution in [2.75, 3.05) is 44.6 Å². The molecule has 0 saturated carbocycles. The van der Waals surface area contributed by atoms with Crippen molar-refractivity contribution in [3.8, 4) is 0 Å². The molecule has 108 valence electrons. The number of nitro groups is 1. The number of nitrogens with zero attached hydrogens (tertiary/aromatic N) is 3. The van der Waals surface area contributed by atoms with E-state index in [0.717, 1.165) is 44.8 Å². The molecule has 0 aromatic heterocycles. The molecule has 0 spiro atoms. The van der Waals surface area contributed by atoms with Crippen molar-refractivity contribution < 1.29 is 4.92 Å². The van der Waals surface area contributed by atoms with Crippen LogP contribution in [-0.4, -0.2) is 60.0 Å². The van der Waals surface area contributed by atoms with Crippen molar-refractivity contribution in [2.24, 2.45) is 0 Å². The van der Waals surface area contributed by atoms with Gasteiger partial charge in [-0.15, -0.1) is 0 Å². The molecule has 3 fully saturated rings. The Bertz CT molecular complexity index is 512. The zero-order valence-corrected chi connectivity index (χ0v) is 11.7. The summed E-state index contributed by atoms with van der Waals surface area (Å²) in [6.07, 6.45) is 0. The maximum atomic E-state index is 11.1. The summed E-state index contributed by atoms with van der Waals surface area (Å²) >= 11 is 0. The van der Waals surface area contributed by atoms with Crippen LogP contribution in [0.4, 0.5) is 11.4 Å². The van der Waals surface area contributed by atoms with Crippen LogP contribution in [0.1, 0.15) is 5.56 Å². The first kappa shape index (κ1) is 13.3. The fraction of sp³-hybridized carbons (Fsp3) is 0.571. The Labute approximate surface area is 118 Å². The van der Waals surface area contributed by atoms with Crippen LogP contribution in [0, 0.1) is 17.0 Å². The van der Waals surface area contributed by atoms with Crippen LogP contribution in [0.5, 0.6) is 0 Å². The summed E-state index contributed by atoms with van der Waals surface area (Å²) in [7, 11) is 0. The van der Waals surface area contributed by atoms with Gasteiger partial charge in [-0.1, -0.05) is 6.07 Å². The van der Waals surface area contributed by atoms with Gasteiger partial charge in [0.25, 0.3) is 5.69 Å². The third kappa shape index (κ3) is 2.62. The van der Waals surface area contributed by atoms with Gasteiger partial charge in [0.15, 0.2) is 0 Å². The summed E-state index contributed by atoms with van der Waals surface area (Å²) in [6.45, 7) is 8.23. The number of aryl methyl sites for hydroxylation is 1. The number of piperazine rings is 3. The van der Waals surface area contributed by atoms with E-state index in [-0.39, 0.29) is 10.6 Å². The van der Waals surface area contributed by atoms with E-state index in [9.17, 15) is 10.1 Å². The van der Waals surface area contributed by atoms with Crippen LogP contribution in [0.3, 0.4) is 0 Å². The largest absolute Gasteiger partial charge is 0.378 e. The highest BCUT2D eigenvalue weighted by molar-refractivity contribution is 5.62. The zero-order valence-electron chi connectivity index (χ0n) is 11.7. The molecule has 6 heteroatoms. The number of benzene rings is 1. The number of anilines is 1. The number of fused-ring (bicyclic) bond motifs is 3. The second kappa shape index (κ2) is 5.38. The molecule has 20 heavy (non-hydrogen) atoms. The van der Waals surface area contributed by atoms with E-state index < -0.39 is 0 Å². The van der Waals surface area contributed by atoms with Crippen LogP contribution >= 0.6 is 0 Å². The average Bonchev–Trinajstić information content (AvgIpc) is 2.47. The predicted octanol–water partition coefficient (Wildman–Crippen LogP) is 1.31. The topological polar surface area (TPSA) is 61.6 Å². The molecular weight excluding hydrogens is 256 g/mol. The molecule has 2 bridgehead atoms. The fourth-order valence-corrected chi connectivity index (χ4v) is 3.09. The maximum absolute atomic E-state index is 11.1. The Hall–Kier alpha value is -1.66. The molecule has 0 aliphatic carbocycles. The van der Waals surface area contributed by atoms with Gasteiger partial charge in [-0.25, -0.2) is 0 Å². The first-order chi connectivity index (χ1) is 9.63. The SMILES string of the molecule is Cc1ccc(NCC2CN3CCN2CC3)c([N+](=O)[O-])c1. The van der Waals surface area contributed by atoms with Gasteiger partial charge in [-0.05, 0) is 18.6 Å². The van der Waals surface area contributed by atoms with Crippen molar-refractivity contribution in [1.29, 1.82) is 0 Å². The minimum Gasteiger partial charge on any atom is -0.378 e. The van der Waals surface area contributed by atoms with Crippen LogP contribution in [0.2, 0.25) is 0 Å². The number of hydrogen-bond acceptors (Lipinski definition) is 5. The molecule has 1 N–H and O–H groups in total. The fourth-order valence-electron chi connectivity index (χ4n) is 3.09. The Kier molecular flexibility index (Phi) is 3.58. The van der Waals surface area contributed by atoms with Crippen LogP contribution in [0.15, 0.2) is 18.2 Å². The second-order valence-corrected chi connectivity index (χ2v) is 5.65. The third-order valence-electron chi connectivity index (χ3n) is 4.27. The predicted molar refractivity (Wildman–Crippen MR) is 78.1 cm³/mol. The summed E-state index contributed by atoms with van der Waals surface area (Å²) in [6, 6.07) is 5.80. The quantitative estimate of drug-likeness (QED) is 0.664. The zero-order chi connectivity index (χ0) is 14.1. The summed E-state index contributed by atoms with van der Waals surface area (Å²) < 4.78 is 0. The van der Waals surface area contributed by atoms with E-state index >= 15 is 0 Å². The third-order valence-corrected chi connectivity index (χ3v) is 4.27. The molecule has 3 saturated heterocycles. The van der Waals surface area contributed by atoms with E-state index in [0.29, 0.717) is 11.7 Å². The molecule has 1 unspecified atom stereocenters.